The largest absolute Gasteiger partial charge is 0.478 e. The van der Waals surface area contributed by atoms with Crippen LogP contribution in [0.15, 0.2) is 42.6 Å². The summed E-state index contributed by atoms with van der Waals surface area (Å²) in [5.41, 5.74) is 1.91. The number of hydrogen-bond acceptors (Lipinski definition) is 5. The van der Waals surface area contributed by atoms with Gasteiger partial charge in [-0.15, -0.1) is 0 Å². The maximum absolute atomic E-state index is 12.3. The van der Waals surface area contributed by atoms with Crippen molar-refractivity contribution in [3.8, 4) is 0 Å². The van der Waals surface area contributed by atoms with Crippen LogP contribution in [0.4, 0.5) is 5.69 Å². The van der Waals surface area contributed by atoms with Gasteiger partial charge in [-0.3, -0.25) is 9.78 Å². The van der Waals surface area contributed by atoms with E-state index >= 15 is 0 Å². The first-order chi connectivity index (χ1) is 12.6. The number of carbonyl (C=O) groups is 2. The molecule has 1 aliphatic heterocycles. The Morgan fingerprint density at radius 1 is 1.23 bits per heavy atom. The molecule has 1 fully saturated rings. The van der Waals surface area contributed by atoms with Gasteiger partial charge in [0.2, 0.25) is 0 Å². The van der Waals surface area contributed by atoms with Crippen molar-refractivity contribution in [1.82, 2.24) is 4.98 Å². The number of benzene rings is 1. The normalized spacial score (nSPS) is 14.8. The van der Waals surface area contributed by atoms with Crippen LogP contribution in [0.2, 0.25) is 0 Å². The minimum Gasteiger partial charge on any atom is -0.478 e. The zero-order chi connectivity index (χ0) is 18.4. The lowest BCUT2D eigenvalue weighted by Crippen LogP contribution is -2.17. The third kappa shape index (κ3) is 5.06. The fourth-order valence-electron chi connectivity index (χ4n) is 2.68. The molecule has 1 aromatic heterocycles. The Kier molecular flexibility index (Phi) is 6.25. The number of pyridine rings is 1. The number of carboxylic acids is 1. The third-order valence-corrected chi connectivity index (χ3v) is 5.52. The smallest absolute Gasteiger partial charge is 0.335 e. The van der Waals surface area contributed by atoms with Crippen LogP contribution in [0.3, 0.4) is 0 Å². The van der Waals surface area contributed by atoms with Crippen molar-refractivity contribution in [3.05, 3.63) is 59.4 Å². The minimum absolute atomic E-state index is 0.0340. The summed E-state index contributed by atoms with van der Waals surface area (Å²) in [7, 11) is 0. The Labute approximate surface area is 156 Å². The molecule has 1 amide bonds. The topological polar surface area (TPSA) is 88.5 Å². The van der Waals surface area contributed by atoms with E-state index in [4.69, 9.17) is 9.84 Å². The van der Waals surface area contributed by atoms with Gasteiger partial charge >= 0.3 is 5.97 Å². The van der Waals surface area contributed by atoms with Crippen molar-refractivity contribution >= 4 is 29.3 Å². The van der Waals surface area contributed by atoms with E-state index in [-0.39, 0.29) is 11.3 Å². The highest BCUT2D eigenvalue weighted by atomic mass is 32.2. The average molecular weight is 372 g/mol. The number of rotatable bonds is 6. The second-order valence-corrected chi connectivity index (χ2v) is 7.30. The SMILES string of the molecule is O=C(O)c1ccnc(C(=O)Nc2cccc(CSC3CCOCC3)c2)c1. The quantitative estimate of drug-likeness (QED) is 0.807. The van der Waals surface area contributed by atoms with Crippen LogP contribution in [0.1, 0.15) is 39.3 Å². The number of nitrogens with one attached hydrogen (secondary N) is 1. The lowest BCUT2D eigenvalue weighted by molar-refractivity contribution is 0.0696. The fraction of sp³-hybridized carbons (Fsp3) is 0.316. The number of aromatic carboxylic acids is 1. The molecule has 3 rings (SSSR count). The van der Waals surface area contributed by atoms with Crippen LogP contribution < -0.4 is 5.32 Å². The highest BCUT2D eigenvalue weighted by molar-refractivity contribution is 7.99. The molecule has 1 saturated heterocycles. The number of carbonyl (C=O) groups excluding carboxylic acids is 1. The molecular weight excluding hydrogens is 352 g/mol. The molecule has 1 aliphatic rings. The third-order valence-electron chi connectivity index (χ3n) is 4.08. The van der Waals surface area contributed by atoms with Gasteiger partial charge in [-0.2, -0.15) is 11.8 Å². The molecule has 0 atom stereocenters. The molecule has 136 valence electrons. The predicted molar refractivity (Wildman–Crippen MR) is 101 cm³/mol. The standard InChI is InChI=1S/C19H20N2O4S/c22-18(17-11-14(19(23)24)4-7-20-17)21-15-3-1-2-13(10-15)12-26-16-5-8-25-9-6-16/h1-4,7,10-11,16H,5-6,8-9,12H2,(H,21,22)(H,23,24). The number of aromatic nitrogens is 1. The van der Waals surface area contributed by atoms with E-state index in [1.165, 1.54) is 18.3 Å². The highest BCUT2D eigenvalue weighted by Gasteiger charge is 2.15. The molecule has 0 aliphatic carbocycles. The molecule has 0 spiro atoms. The molecule has 2 heterocycles. The average Bonchev–Trinajstić information content (AvgIpc) is 2.67. The Bertz CT molecular complexity index is 791. The van der Waals surface area contributed by atoms with Gasteiger partial charge in [-0.25, -0.2) is 4.79 Å². The number of amides is 1. The van der Waals surface area contributed by atoms with Gasteiger partial charge in [0.15, 0.2) is 0 Å². The summed E-state index contributed by atoms with van der Waals surface area (Å²) in [6.07, 6.45) is 3.47. The number of ether oxygens (including phenoxy) is 1. The van der Waals surface area contributed by atoms with Gasteiger partial charge in [-0.05, 0) is 42.7 Å². The van der Waals surface area contributed by atoms with Crippen molar-refractivity contribution in [3.63, 3.8) is 0 Å². The number of nitrogens with zero attached hydrogens (tertiary/aromatic N) is 1. The van der Waals surface area contributed by atoms with Crippen LogP contribution in [-0.4, -0.2) is 40.4 Å². The van der Waals surface area contributed by atoms with Crippen LogP contribution >= 0.6 is 11.8 Å². The number of anilines is 1. The first kappa shape index (κ1) is 18.4. The summed E-state index contributed by atoms with van der Waals surface area (Å²) >= 11 is 1.91. The summed E-state index contributed by atoms with van der Waals surface area (Å²) in [6, 6.07) is 10.3. The molecular formula is C19H20N2O4S. The Morgan fingerprint density at radius 2 is 2.04 bits per heavy atom. The second-order valence-electron chi connectivity index (χ2n) is 6.01. The summed E-state index contributed by atoms with van der Waals surface area (Å²) in [5.74, 6) is -0.642. The molecule has 6 nitrogen and oxygen atoms in total. The van der Waals surface area contributed by atoms with Crippen molar-refractivity contribution in [2.24, 2.45) is 0 Å². The maximum Gasteiger partial charge on any atom is 0.335 e. The van der Waals surface area contributed by atoms with Crippen LogP contribution in [0, 0.1) is 0 Å². The first-order valence-corrected chi connectivity index (χ1v) is 9.45. The number of thioether (sulfide) groups is 1. The first-order valence-electron chi connectivity index (χ1n) is 8.41. The monoisotopic (exact) mass is 372 g/mol. The van der Waals surface area contributed by atoms with E-state index in [0.29, 0.717) is 10.9 Å². The van der Waals surface area contributed by atoms with E-state index in [1.54, 1.807) is 0 Å². The molecule has 1 aromatic carbocycles. The van der Waals surface area contributed by atoms with E-state index in [0.717, 1.165) is 37.4 Å². The van der Waals surface area contributed by atoms with Crippen molar-refractivity contribution in [1.29, 1.82) is 0 Å². The van der Waals surface area contributed by atoms with Crippen LogP contribution in [-0.2, 0) is 10.5 Å². The molecule has 2 aromatic rings. The van der Waals surface area contributed by atoms with Gasteiger partial charge in [0, 0.05) is 36.1 Å². The summed E-state index contributed by atoms with van der Waals surface area (Å²) in [5, 5.41) is 12.4. The molecule has 7 heteroatoms. The van der Waals surface area contributed by atoms with Crippen LogP contribution in [0.5, 0.6) is 0 Å². The lowest BCUT2D eigenvalue weighted by Gasteiger charge is -2.21. The molecule has 2 N–H and O–H groups in total. The molecule has 26 heavy (non-hydrogen) atoms. The number of hydrogen-bond donors (Lipinski definition) is 2. The minimum atomic E-state index is -1.09. The molecule has 0 unspecified atom stereocenters. The molecule has 0 bridgehead atoms. The van der Waals surface area contributed by atoms with E-state index < -0.39 is 11.9 Å². The maximum atomic E-state index is 12.3. The zero-order valence-corrected chi connectivity index (χ0v) is 15.0. The Hall–Kier alpha value is -2.38. The molecule has 0 radical (unpaired) electrons. The highest BCUT2D eigenvalue weighted by Crippen LogP contribution is 2.26. The van der Waals surface area contributed by atoms with E-state index in [9.17, 15) is 9.59 Å². The van der Waals surface area contributed by atoms with Crippen molar-refractivity contribution in [2.75, 3.05) is 18.5 Å². The van der Waals surface area contributed by atoms with Gasteiger partial charge < -0.3 is 15.2 Å². The fourth-order valence-corrected chi connectivity index (χ4v) is 3.81. The van der Waals surface area contributed by atoms with Gasteiger partial charge in [0.25, 0.3) is 5.91 Å². The zero-order valence-electron chi connectivity index (χ0n) is 14.2. The van der Waals surface area contributed by atoms with E-state index in [1.807, 2.05) is 36.0 Å². The number of carboxylic acid groups (broad SMARTS) is 1. The summed E-state index contributed by atoms with van der Waals surface area (Å²) in [4.78, 5) is 27.3. The predicted octanol–water partition coefficient (Wildman–Crippen LogP) is 3.44. The van der Waals surface area contributed by atoms with Gasteiger partial charge in [0.05, 0.1) is 5.56 Å². The van der Waals surface area contributed by atoms with Crippen molar-refractivity contribution in [2.45, 2.75) is 23.8 Å². The Balaban J connectivity index is 1.61. The summed E-state index contributed by atoms with van der Waals surface area (Å²) in [6.45, 7) is 1.66. The second kappa shape index (κ2) is 8.82. The lowest BCUT2D eigenvalue weighted by atomic mass is 10.2. The van der Waals surface area contributed by atoms with Gasteiger partial charge in [0.1, 0.15) is 5.69 Å². The van der Waals surface area contributed by atoms with Crippen molar-refractivity contribution < 1.29 is 19.4 Å². The van der Waals surface area contributed by atoms with Gasteiger partial charge in [-0.1, -0.05) is 12.1 Å². The molecule has 0 saturated carbocycles. The van der Waals surface area contributed by atoms with E-state index in [2.05, 4.69) is 10.3 Å². The van der Waals surface area contributed by atoms with Crippen LogP contribution in [0.25, 0.3) is 0 Å². The Morgan fingerprint density at radius 3 is 2.81 bits per heavy atom. The summed E-state index contributed by atoms with van der Waals surface area (Å²) < 4.78 is 5.38.